The Labute approximate surface area is 187 Å². The molecular formula is C23H21F3N4O3. The third kappa shape index (κ3) is 3.96. The molecule has 0 fully saturated rings. The van der Waals surface area contributed by atoms with E-state index in [1.807, 2.05) is 19.9 Å². The Bertz CT molecular complexity index is 1240. The minimum Gasteiger partial charge on any atom is -0.454 e. The minimum atomic E-state index is -4.54. The van der Waals surface area contributed by atoms with Crippen LogP contribution < -0.4 is 20.1 Å². The highest BCUT2D eigenvalue weighted by Crippen LogP contribution is 2.45. The van der Waals surface area contributed by atoms with Crippen molar-refractivity contribution in [3.8, 4) is 11.5 Å². The number of rotatable bonds is 3. The monoisotopic (exact) mass is 458 g/mol. The van der Waals surface area contributed by atoms with E-state index in [4.69, 9.17) is 9.47 Å². The van der Waals surface area contributed by atoms with E-state index in [0.717, 1.165) is 15.8 Å². The Morgan fingerprint density at radius 1 is 1.09 bits per heavy atom. The van der Waals surface area contributed by atoms with Gasteiger partial charge in [0, 0.05) is 18.2 Å². The molecule has 0 spiro atoms. The smallest absolute Gasteiger partial charge is 0.410 e. The van der Waals surface area contributed by atoms with Crippen molar-refractivity contribution in [2.45, 2.75) is 38.5 Å². The van der Waals surface area contributed by atoms with Crippen LogP contribution in [0.15, 0.2) is 42.5 Å². The van der Waals surface area contributed by atoms with Crippen LogP contribution in [-0.4, -0.2) is 28.7 Å². The summed E-state index contributed by atoms with van der Waals surface area (Å²) in [6.07, 6.45) is -4.82. The largest absolute Gasteiger partial charge is 0.454 e. The molecule has 10 heteroatoms. The van der Waals surface area contributed by atoms with Gasteiger partial charge in [0.15, 0.2) is 23.2 Å². The van der Waals surface area contributed by atoms with Crippen LogP contribution >= 0.6 is 0 Å². The maximum atomic E-state index is 13.9. The van der Waals surface area contributed by atoms with Gasteiger partial charge in [-0.3, -0.25) is 4.79 Å². The fraction of sp³-hybridized carbons (Fsp3) is 0.304. The quantitative estimate of drug-likeness (QED) is 0.568. The topological polar surface area (TPSA) is 77.4 Å². The van der Waals surface area contributed by atoms with Gasteiger partial charge < -0.3 is 20.1 Å². The van der Waals surface area contributed by atoms with Gasteiger partial charge in [0.25, 0.3) is 5.91 Å². The molecule has 2 aliphatic heterocycles. The number of aryl methyl sites for hydroxylation is 2. The molecule has 3 heterocycles. The molecule has 2 N–H and O–H groups in total. The van der Waals surface area contributed by atoms with Gasteiger partial charge in [-0.2, -0.15) is 18.3 Å². The van der Waals surface area contributed by atoms with Gasteiger partial charge in [-0.05, 0) is 54.8 Å². The summed E-state index contributed by atoms with van der Waals surface area (Å²) >= 11 is 0. The number of hydrogen-bond acceptors (Lipinski definition) is 5. The van der Waals surface area contributed by atoms with E-state index in [2.05, 4.69) is 15.7 Å². The summed E-state index contributed by atoms with van der Waals surface area (Å²) in [5, 5.41) is 9.79. The van der Waals surface area contributed by atoms with Crippen LogP contribution in [0.1, 0.15) is 45.7 Å². The molecule has 172 valence electrons. The average Bonchev–Trinajstić information content (AvgIpc) is 3.41. The molecule has 3 aromatic rings. The first-order valence-corrected chi connectivity index (χ1v) is 10.4. The third-order valence-electron chi connectivity index (χ3n) is 5.99. The number of ether oxygens (including phenoxy) is 2. The van der Waals surface area contributed by atoms with Crippen LogP contribution in [0.3, 0.4) is 0 Å². The SMILES string of the molecule is Cc1ccc(NC(=O)c2cc3n(n2)[C@H](C(F)(F)F)C[C@@H](c2ccc4c(c2)OCO4)N3)cc1C. The van der Waals surface area contributed by atoms with E-state index in [1.165, 1.54) is 6.07 Å². The van der Waals surface area contributed by atoms with Gasteiger partial charge in [-0.15, -0.1) is 0 Å². The van der Waals surface area contributed by atoms with Crippen molar-refractivity contribution in [2.75, 3.05) is 17.4 Å². The Hall–Kier alpha value is -3.69. The van der Waals surface area contributed by atoms with E-state index >= 15 is 0 Å². The summed E-state index contributed by atoms with van der Waals surface area (Å²) in [6, 6.07) is 9.27. The predicted octanol–water partition coefficient (Wildman–Crippen LogP) is 5.14. The van der Waals surface area contributed by atoms with Crippen molar-refractivity contribution in [2.24, 2.45) is 0 Å². The second-order valence-electron chi connectivity index (χ2n) is 8.22. The minimum absolute atomic E-state index is 0.0772. The second kappa shape index (κ2) is 7.72. The van der Waals surface area contributed by atoms with Crippen LogP contribution in [-0.2, 0) is 0 Å². The van der Waals surface area contributed by atoms with Crippen molar-refractivity contribution in [1.29, 1.82) is 0 Å². The first-order chi connectivity index (χ1) is 15.7. The van der Waals surface area contributed by atoms with Crippen LogP contribution in [0.25, 0.3) is 0 Å². The summed E-state index contributed by atoms with van der Waals surface area (Å²) in [4.78, 5) is 12.7. The Morgan fingerprint density at radius 2 is 1.88 bits per heavy atom. The molecule has 5 rings (SSSR count). The lowest BCUT2D eigenvalue weighted by Crippen LogP contribution is -2.35. The summed E-state index contributed by atoms with van der Waals surface area (Å²) in [6.45, 7) is 3.94. The number of halogens is 3. The molecule has 1 aromatic heterocycles. The zero-order valence-electron chi connectivity index (χ0n) is 17.9. The number of aromatic nitrogens is 2. The van der Waals surface area contributed by atoms with Crippen molar-refractivity contribution < 1.29 is 27.4 Å². The molecule has 0 aliphatic carbocycles. The maximum absolute atomic E-state index is 13.9. The van der Waals surface area contributed by atoms with E-state index in [0.29, 0.717) is 22.7 Å². The number of nitrogens with one attached hydrogen (secondary N) is 2. The normalized spacial score (nSPS) is 19.1. The molecule has 0 saturated heterocycles. The number of carbonyl (C=O) groups excluding carboxylic acids is 1. The number of anilines is 2. The Balaban J connectivity index is 1.44. The van der Waals surface area contributed by atoms with Crippen molar-refractivity contribution in [3.05, 3.63) is 64.8 Å². The van der Waals surface area contributed by atoms with Gasteiger partial charge >= 0.3 is 6.18 Å². The molecule has 0 saturated carbocycles. The maximum Gasteiger partial charge on any atom is 0.410 e. The fourth-order valence-electron chi connectivity index (χ4n) is 4.05. The highest BCUT2D eigenvalue weighted by atomic mass is 19.4. The molecule has 2 aromatic carbocycles. The van der Waals surface area contributed by atoms with Crippen LogP contribution in [0.4, 0.5) is 24.7 Å². The number of hydrogen-bond donors (Lipinski definition) is 2. The van der Waals surface area contributed by atoms with E-state index in [1.54, 1.807) is 30.3 Å². The van der Waals surface area contributed by atoms with Crippen LogP contribution in [0, 0.1) is 13.8 Å². The van der Waals surface area contributed by atoms with Gasteiger partial charge in [-0.25, -0.2) is 4.68 Å². The molecule has 1 amide bonds. The zero-order valence-corrected chi connectivity index (χ0v) is 17.9. The van der Waals surface area contributed by atoms with Crippen LogP contribution in [0.2, 0.25) is 0 Å². The lowest BCUT2D eigenvalue weighted by atomic mass is 9.96. The van der Waals surface area contributed by atoms with Gasteiger partial charge in [0.2, 0.25) is 6.79 Å². The summed E-state index contributed by atoms with van der Waals surface area (Å²) in [5.74, 6) is 0.585. The van der Waals surface area contributed by atoms with E-state index < -0.39 is 24.2 Å². The average molecular weight is 458 g/mol. The van der Waals surface area contributed by atoms with E-state index in [9.17, 15) is 18.0 Å². The highest BCUT2D eigenvalue weighted by molar-refractivity contribution is 6.03. The number of amides is 1. The molecular weight excluding hydrogens is 437 g/mol. The predicted molar refractivity (Wildman–Crippen MR) is 115 cm³/mol. The second-order valence-corrected chi connectivity index (χ2v) is 8.22. The van der Waals surface area contributed by atoms with Crippen molar-refractivity contribution in [1.82, 2.24) is 9.78 Å². The fourth-order valence-corrected chi connectivity index (χ4v) is 4.05. The first kappa shape index (κ1) is 21.2. The van der Waals surface area contributed by atoms with Crippen molar-refractivity contribution in [3.63, 3.8) is 0 Å². The lowest BCUT2D eigenvalue weighted by molar-refractivity contribution is -0.173. The third-order valence-corrected chi connectivity index (χ3v) is 5.99. The molecule has 0 bridgehead atoms. The molecule has 7 nitrogen and oxygen atoms in total. The highest BCUT2D eigenvalue weighted by Gasteiger charge is 2.47. The molecule has 33 heavy (non-hydrogen) atoms. The van der Waals surface area contributed by atoms with E-state index in [-0.39, 0.29) is 24.7 Å². The van der Waals surface area contributed by atoms with Crippen molar-refractivity contribution >= 4 is 17.4 Å². The number of benzene rings is 2. The molecule has 2 aliphatic rings. The first-order valence-electron chi connectivity index (χ1n) is 10.4. The summed E-state index contributed by atoms with van der Waals surface area (Å²) < 4.78 is 53.3. The number of carbonyl (C=O) groups is 1. The Kier molecular flexibility index (Phi) is 4.95. The number of fused-ring (bicyclic) bond motifs is 2. The standard InChI is InChI=1S/C23H21F3N4O3/c1-12-3-5-15(7-13(12)2)27-22(31)17-10-21-28-16(9-20(23(24,25)26)30(21)29-17)14-4-6-18-19(8-14)33-11-32-18/h3-8,10,16,20,28H,9,11H2,1-2H3,(H,27,31)/t16-,20-/m0/s1. The number of nitrogens with zero attached hydrogens (tertiary/aromatic N) is 2. The van der Waals surface area contributed by atoms with Gasteiger partial charge in [0.1, 0.15) is 5.82 Å². The van der Waals surface area contributed by atoms with Gasteiger partial charge in [0.05, 0.1) is 6.04 Å². The Morgan fingerprint density at radius 3 is 2.64 bits per heavy atom. The molecule has 0 unspecified atom stereocenters. The molecule has 2 atom stereocenters. The zero-order chi connectivity index (χ0) is 23.3. The summed E-state index contributed by atoms with van der Waals surface area (Å²) in [5.41, 5.74) is 3.13. The molecule has 0 radical (unpaired) electrons. The summed E-state index contributed by atoms with van der Waals surface area (Å²) in [7, 11) is 0. The van der Waals surface area contributed by atoms with Gasteiger partial charge in [-0.1, -0.05) is 12.1 Å². The lowest BCUT2D eigenvalue weighted by Gasteiger charge is -2.33. The van der Waals surface area contributed by atoms with Crippen LogP contribution in [0.5, 0.6) is 11.5 Å². The number of alkyl halides is 3.